The topological polar surface area (TPSA) is 74.8 Å². The van der Waals surface area contributed by atoms with Gasteiger partial charge in [0.1, 0.15) is 4.90 Å². The predicted octanol–water partition coefficient (Wildman–Crippen LogP) is 2.22. The molecule has 2 aliphatic rings. The van der Waals surface area contributed by atoms with Gasteiger partial charge in [0.05, 0.1) is 11.6 Å². The highest BCUT2D eigenvalue weighted by Crippen LogP contribution is 2.36. The minimum Gasteiger partial charge on any atom is -0.335 e. The van der Waals surface area contributed by atoms with E-state index in [2.05, 4.69) is 6.07 Å². The molecule has 0 radical (unpaired) electrons. The van der Waals surface area contributed by atoms with E-state index in [0.717, 1.165) is 18.4 Å². The molecule has 26 heavy (non-hydrogen) atoms. The van der Waals surface area contributed by atoms with Gasteiger partial charge in [0.15, 0.2) is 0 Å². The van der Waals surface area contributed by atoms with Crippen LogP contribution < -0.4 is 0 Å². The van der Waals surface area contributed by atoms with Crippen LogP contribution in [0.2, 0.25) is 0 Å². The number of amides is 2. The van der Waals surface area contributed by atoms with Crippen LogP contribution in [0, 0.1) is 0 Å². The van der Waals surface area contributed by atoms with Crippen molar-refractivity contribution in [3.8, 4) is 0 Å². The van der Waals surface area contributed by atoms with E-state index in [1.807, 2.05) is 18.2 Å². The number of rotatable bonds is 2. The van der Waals surface area contributed by atoms with Gasteiger partial charge < -0.3 is 4.90 Å². The SMILES string of the molecule is CN(C(=O)c1ccc2c(c1)S(=O)(=O)N(C)C2=O)[C@H]1CCc2ccccc21. The van der Waals surface area contributed by atoms with Crippen LogP contribution in [0.25, 0.3) is 0 Å². The molecule has 0 fully saturated rings. The maximum Gasteiger partial charge on any atom is 0.268 e. The Bertz CT molecular complexity index is 1050. The number of hydrogen-bond donors (Lipinski definition) is 0. The van der Waals surface area contributed by atoms with Crippen LogP contribution >= 0.6 is 0 Å². The number of sulfonamides is 1. The van der Waals surface area contributed by atoms with Crippen LogP contribution in [0.1, 0.15) is 44.3 Å². The molecule has 7 heteroatoms. The maximum absolute atomic E-state index is 12.9. The molecule has 6 nitrogen and oxygen atoms in total. The quantitative estimate of drug-likeness (QED) is 0.812. The molecule has 1 aliphatic heterocycles. The monoisotopic (exact) mass is 370 g/mol. The van der Waals surface area contributed by atoms with Crippen molar-refractivity contribution in [2.24, 2.45) is 0 Å². The van der Waals surface area contributed by atoms with Crippen LogP contribution in [0.4, 0.5) is 0 Å². The van der Waals surface area contributed by atoms with Crippen molar-refractivity contribution in [3.63, 3.8) is 0 Å². The Hall–Kier alpha value is -2.67. The molecule has 1 atom stereocenters. The summed E-state index contributed by atoms with van der Waals surface area (Å²) in [7, 11) is -0.917. The molecule has 0 spiro atoms. The summed E-state index contributed by atoms with van der Waals surface area (Å²) < 4.78 is 25.4. The minimum atomic E-state index is -3.87. The molecule has 4 rings (SSSR count). The van der Waals surface area contributed by atoms with E-state index in [4.69, 9.17) is 0 Å². The third-order valence-corrected chi connectivity index (χ3v) is 7.05. The zero-order chi connectivity index (χ0) is 18.6. The number of hydrogen-bond acceptors (Lipinski definition) is 4. The van der Waals surface area contributed by atoms with Crippen LogP contribution in [0.15, 0.2) is 47.4 Å². The van der Waals surface area contributed by atoms with Crippen molar-refractivity contribution in [1.29, 1.82) is 0 Å². The van der Waals surface area contributed by atoms with Crippen molar-refractivity contribution in [1.82, 2.24) is 9.21 Å². The summed E-state index contributed by atoms with van der Waals surface area (Å²) in [6, 6.07) is 12.3. The van der Waals surface area contributed by atoms with Crippen molar-refractivity contribution >= 4 is 21.8 Å². The summed E-state index contributed by atoms with van der Waals surface area (Å²) in [6.07, 6.45) is 1.75. The van der Waals surface area contributed by atoms with Gasteiger partial charge in [-0.2, -0.15) is 0 Å². The summed E-state index contributed by atoms with van der Waals surface area (Å²) in [6.45, 7) is 0. The van der Waals surface area contributed by atoms with Crippen LogP contribution in [-0.2, 0) is 16.4 Å². The molecule has 0 N–H and O–H groups in total. The van der Waals surface area contributed by atoms with Crippen molar-refractivity contribution in [3.05, 3.63) is 64.7 Å². The van der Waals surface area contributed by atoms with E-state index < -0.39 is 15.9 Å². The van der Waals surface area contributed by atoms with E-state index in [0.29, 0.717) is 4.31 Å². The molecular weight excluding hydrogens is 352 g/mol. The fraction of sp³-hybridized carbons (Fsp3) is 0.263. The van der Waals surface area contributed by atoms with Crippen molar-refractivity contribution in [2.75, 3.05) is 14.1 Å². The largest absolute Gasteiger partial charge is 0.335 e. The van der Waals surface area contributed by atoms with Gasteiger partial charge in [-0.1, -0.05) is 24.3 Å². The van der Waals surface area contributed by atoms with Gasteiger partial charge >= 0.3 is 0 Å². The molecule has 0 bridgehead atoms. The Kier molecular flexibility index (Phi) is 3.66. The van der Waals surface area contributed by atoms with Gasteiger partial charge in [-0.05, 0) is 42.2 Å². The Morgan fingerprint density at radius 3 is 2.69 bits per heavy atom. The molecule has 0 aromatic heterocycles. The highest BCUT2D eigenvalue weighted by Gasteiger charge is 2.39. The number of fused-ring (bicyclic) bond motifs is 2. The minimum absolute atomic E-state index is 0.0344. The fourth-order valence-electron chi connectivity index (χ4n) is 3.75. The molecule has 2 aromatic rings. The Labute approximate surface area is 152 Å². The normalized spacial score (nSPS) is 20.0. The fourth-order valence-corrected chi connectivity index (χ4v) is 5.07. The van der Waals surface area contributed by atoms with Gasteiger partial charge in [-0.3, -0.25) is 9.59 Å². The first-order chi connectivity index (χ1) is 12.3. The Morgan fingerprint density at radius 1 is 1.19 bits per heavy atom. The van der Waals surface area contributed by atoms with E-state index in [1.54, 1.807) is 11.9 Å². The lowest BCUT2D eigenvalue weighted by Gasteiger charge is -2.25. The van der Waals surface area contributed by atoms with E-state index in [-0.39, 0.29) is 28.0 Å². The summed E-state index contributed by atoms with van der Waals surface area (Å²) in [5.41, 5.74) is 2.74. The first-order valence-corrected chi connectivity index (χ1v) is 9.78. The Balaban J connectivity index is 1.69. The third kappa shape index (κ3) is 2.27. The average molecular weight is 370 g/mol. The Morgan fingerprint density at radius 2 is 1.92 bits per heavy atom. The zero-order valence-corrected chi connectivity index (χ0v) is 15.3. The van der Waals surface area contributed by atoms with Crippen LogP contribution in [0.3, 0.4) is 0 Å². The van der Waals surface area contributed by atoms with Crippen molar-refractivity contribution in [2.45, 2.75) is 23.8 Å². The zero-order valence-electron chi connectivity index (χ0n) is 14.5. The lowest BCUT2D eigenvalue weighted by atomic mass is 10.1. The standard InChI is InChI=1S/C19H18N2O4S/c1-20(16-10-8-12-5-3-4-6-14(12)16)18(22)13-7-9-15-17(11-13)26(24,25)21(2)19(15)23/h3-7,9,11,16H,8,10H2,1-2H3/t16-/m0/s1. The predicted molar refractivity (Wildman–Crippen MR) is 95.3 cm³/mol. The molecule has 0 saturated carbocycles. The van der Waals surface area contributed by atoms with E-state index in [9.17, 15) is 18.0 Å². The van der Waals surface area contributed by atoms with Gasteiger partial charge in [0.25, 0.3) is 21.8 Å². The second-order valence-corrected chi connectivity index (χ2v) is 8.60. The highest BCUT2D eigenvalue weighted by molar-refractivity contribution is 7.90. The van der Waals surface area contributed by atoms with Gasteiger partial charge in [0, 0.05) is 19.7 Å². The lowest BCUT2D eigenvalue weighted by molar-refractivity contribution is 0.0729. The molecule has 1 heterocycles. The first kappa shape index (κ1) is 16.8. The first-order valence-electron chi connectivity index (χ1n) is 8.34. The molecule has 1 aliphatic carbocycles. The number of carbonyl (C=O) groups is 2. The number of carbonyl (C=O) groups excluding carboxylic acids is 2. The number of benzene rings is 2. The molecule has 2 amide bonds. The van der Waals surface area contributed by atoms with E-state index >= 15 is 0 Å². The third-order valence-electron chi connectivity index (χ3n) is 5.27. The lowest BCUT2D eigenvalue weighted by Crippen LogP contribution is -2.30. The molecule has 134 valence electrons. The average Bonchev–Trinajstić information content (AvgIpc) is 3.15. The summed E-state index contributed by atoms with van der Waals surface area (Å²) in [5, 5.41) is 0. The highest BCUT2D eigenvalue weighted by atomic mass is 32.2. The number of nitrogens with zero attached hydrogens (tertiary/aromatic N) is 2. The van der Waals surface area contributed by atoms with Crippen LogP contribution in [0.5, 0.6) is 0 Å². The second kappa shape index (κ2) is 5.67. The molecular formula is C19H18N2O4S. The maximum atomic E-state index is 12.9. The van der Waals surface area contributed by atoms with Gasteiger partial charge in [-0.25, -0.2) is 12.7 Å². The molecule has 0 unspecified atom stereocenters. The molecule has 2 aromatic carbocycles. The molecule has 0 saturated heterocycles. The van der Waals surface area contributed by atoms with E-state index in [1.165, 1.54) is 30.8 Å². The smallest absolute Gasteiger partial charge is 0.268 e. The summed E-state index contributed by atoms with van der Waals surface area (Å²) in [4.78, 5) is 26.5. The van der Waals surface area contributed by atoms with Crippen LogP contribution in [-0.4, -0.2) is 43.5 Å². The van der Waals surface area contributed by atoms with Gasteiger partial charge in [0.2, 0.25) is 0 Å². The second-order valence-electron chi connectivity index (χ2n) is 6.66. The van der Waals surface area contributed by atoms with Crippen molar-refractivity contribution < 1.29 is 18.0 Å². The number of aryl methyl sites for hydroxylation is 1. The summed E-state index contributed by atoms with van der Waals surface area (Å²) >= 11 is 0. The van der Waals surface area contributed by atoms with Gasteiger partial charge in [-0.15, -0.1) is 0 Å². The summed E-state index contributed by atoms with van der Waals surface area (Å²) in [5.74, 6) is -0.830.